The fourth-order valence-corrected chi connectivity index (χ4v) is 13.3. The third-order valence-corrected chi connectivity index (χ3v) is 21.1. The second-order valence-corrected chi connectivity index (χ2v) is 22.8. The number of pyridine rings is 1. The van der Waals surface area contributed by atoms with Crippen LogP contribution in [0.4, 0.5) is 4.79 Å². The van der Waals surface area contributed by atoms with Crippen LogP contribution in [0.3, 0.4) is 0 Å². The number of hydrogen-bond acceptors (Lipinski definition) is 17. The van der Waals surface area contributed by atoms with Crippen molar-refractivity contribution >= 4 is 147 Å². The SMILES string of the molecule is Cc1cc(OCc2c(Br)nc(SC3(S)C(S)(S)C(S)(S)C(S)(S)C3(S)S)n2-c2cccnc2)ccc1C#CCOC(=O)NCCN1CCN(C(C)C)CC1. The fourth-order valence-electron chi connectivity index (χ4n) is 5.95. The number of aryl methyl sites for hydroxylation is 1. The second kappa shape index (κ2) is 18.2. The molecule has 1 aromatic carbocycles. The van der Waals surface area contributed by atoms with Crippen molar-refractivity contribution < 1.29 is 14.3 Å². The number of nitrogens with zero attached hydrogens (tertiary/aromatic N) is 5. The summed E-state index contributed by atoms with van der Waals surface area (Å²) in [6, 6.07) is 9.90. The molecule has 3 heterocycles. The summed E-state index contributed by atoms with van der Waals surface area (Å²) in [5, 5.41) is 3.32. The van der Waals surface area contributed by atoms with E-state index in [2.05, 4.69) is 61.7 Å². The molecule has 3 aromatic rings. The Bertz CT molecular complexity index is 1850. The fraction of sp³-hybridized carbons (Fsp3) is 0.500. The molecule has 1 saturated heterocycles. The van der Waals surface area contributed by atoms with Gasteiger partial charge in [-0.2, -0.15) is 114 Å². The van der Waals surface area contributed by atoms with Gasteiger partial charge in [0.25, 0.3) is 0 Å². The van der Waals surface area contributed by atoms with Gasteiger partial charge in [-0.3, -0.25) is 19.4 Å². The average Bonchev–Trinajstić information content (AvgIpc) is 3.45. The Morgan fingerprint density at radius 3 is 2.26 bits per heavy atom. The molecule has 0 spiro atoms. The zero-order valence-electron chi connectivity index (χ0n) is 29.5. The zero-order valence-corrected chi connectivity index (χ0v) is 40.0. The third kappa shape index (κ3) is 8.98. The van der Waals surface area contributed by atoms with Gasteiger partial charge in [-0.1, -0.05) is 23.6 Å². The van der Waals surface area contributed by atoms with E-state index in [1.165, 1.54) is 11.8 Å². The maximum absolute atomic E-state index is 12.2. The number of hydrogen-bond donors (Lipinski definition) is 10. The maximum atomic E-state index is 12.2. The Kier molecular flexibility index (Phi) is 15.2. The van der Waals surface area contributed by atoms with E-state index in [4.69, 9.17) is 128 Å². The van der Waals surface area contributed by atoms with Crippen LogP contribution in [-0.4, -0.2) is 103 Å². The molecule has 1 aliphatic heterocycles. The molecule has 0 unspecified atom stereocenters. The van der Waals surface area contributed by atoms with Crippen molar-refractivity contribution in [2.45, 2.75) is 59.0 Å². The molecule has 20 heteroatoms. The molecule has 1 amide bonds. The summed E-state index contributed by atoms with van der Waals surface area (Å²) in [6.45, 7) is 11.9. The summed E-state index contributed by atoms with van der Waals surface area (Å²) in [5.41, 5.74) is 3.12. The Balaban J connectivity index is 1.23. The van der Waals surface area contributed by atoms with E-state index in [0.717, 1.165) is 49.5 Å². The first kappa shape index (κ1) is 45.2. The average molecular weight is 984 g/mol. The van der Waals surface area contributed by atoms with Crippen LogP contribution in [0.1, 0.15) is 30.7 Å². The van der Waals surface area contributed by atoms with Gasteiger partial charge < -0.3 is 14.8 Å². The van der Waals surface area contributed by atoms with Crippen LogP contribution in [0, 0.1) is 18.8 Å². The first-order valence-electron chi connectivity index (χ1n) is 16.7. The molecule has 5 rings (SSSR count). The number of halogens is 1. The number of rotatable bonds is 11. The molecule has 1 saturated carbocycles. The standard InChI is InChI=1S/C34H43BrN6O3S10/c1-21(2)40-15-13-39(14-16-40)12-11-37-29(42)43-17-5-6-23-8-9-25(18-22(23)3)44-20-26-27(35)38-28(41(26)24-7-4-10-36-19-24)54-34(53)32(49,50)30(45,46)31(47,48)33(34,51)52/h4,7-10,18-19,21,45-53H,11-17,20H2,1-3H3,(H,37,42). The molecule has 0 atom stereocenters. The lowest BCUT2D eigenvalue weighted by Gasteiger charge is -2.43. The number of alkyl carbamates (subject to hydrolysis) is 1. The van der Waals surface area contributed by atoms with Crippen molar-refractivity contribution in [3.63, 3.8) is 0 Å². The van der Waals surface area contributed by atoms with Crippen LogP contribution in [0.25, 0.3) is 5.69 Å². The highest BCUT2D eigenvalue weighted by atomic mass is 79.9. The molecule has 0 radical (unpaired) electrons. The van der Waals surface area contributed by atoms with Gasteiger partial charge in [0.2, 0.25) is 0 Å². The molecular formula is C34H43BrN6O3S10. The predicted octanol–water partition coefficient (Wildman–Crippen LogP) is 6.98. The number of thiol groups is 9. The lowest BCUT2D eigenvalue weighted by Crippen LogP contribution is -2.50. The Hall–Kier alpha value is 0.110. The van der Waals surface area contributed by atoms with Crippen LogP contribution < -0.4 is 10.1 Å². The molecule has 9 nitrogen and oxygen atoms in total. The molecule has 54 heavy (non-hydrogen) atoms. The van der Waals surface area contributed by atoms with E-state index >= 15 is 0 Å². The normalized spacial score (nSPS) is 20.0. The number of aromatic nitrogens is 3. The number of amides is 1. The topological polar surface area (TPSA) is 84.8 Å². The smallest absolute Gasteiger partial charge is 0.408 e. The highest BCUT2D eigenvalue weighted by molar-refractivity contribution is 9.10. The van der Waals surface area contributed by atoms with Crippen molar-refractivity contribution in [3.8, 4) is 23.3 Å². The van der Waals surface area contributed by atoms with Gasteiger partial charge in [-0.15, -0.1) is 0 Å². The largest absolute Gasteiger partial charge is 0.487 e. The minimum atomic E-state index is -1.36. The van der Waals surface area contributed by atoms with Gasteiger partial charge >= 0.3 is 6.09 Å². The molecular weight excluding hydrogens is 941 g/mol. The molecule has 1 aliphatic carbocycles. The first-order chi connectivity index (χ1) is 25.2. The summed E-state index contributed by atoms with van der Waals surface area (Å²) >= 11 is 48.7. The van der Waals surface area contributed by atoms with Gasteiger partial charge in [0.15, 0.2) is 11.8 Å². The zero-order chi connectivity index (χ0) is 39.7. The summed E-state index contributed by atoms with van der Waals surface area (Å²) in [6.07, 6.45) is 2.93. The third-order valence-electron chi connectivity index (χ3n) is 9.35. The second-order valence-electron chi connectivity index (χ2n) is 13.2. The van der Waals surface area contributed by atoms with Gasteiger partial charge in [-0.05, 0) is 72.6 Å². The summed E-state index contributed by atoms with van der Waals surface area (Å²) < 4.78 is 7.33. The monoisotopic (exact) mass is 982 g/mol. The molecule has 1 N–H and O–H groups in total. The molecule has 2 aliphatic rings. The Morgan fingerprint density at radius 2 is 1.67 bits per heavy atom. The van der Waals surface area contributed by atoms with E-state index in [1.807, 2.05) is 41.8 Å². The van der Waals surface area contributed by atoms with E-state index in [1.54, 1.807) is 12.4 Å². The lowest BCUT2D eigenvalue weighted by atomic mass is 10.1. The van der Waals surface area contributed by atoms with Crippen LogP contribution in [-0.2, 0) is 11.3 Å². The van der Waals surface area contributed by atoms with Crippen LogP contribution in [0.2, 0.25) is 0 Å². The van der Waals surface area contributed by atoms with E-state index in [9.17, 15) is 4.79 Å². The predicted molar refractivity (Wildman–Crippen MR) is 254 cm³/mol. The molecule has 0 bridgehead atoms. The van der Waals surface area contributed by atoms with Gasteiger partial charge in [-0.25, -0.2) is 9.78 Å². The number of nitrogens with one attached hydrogen (secondary N) is 1. The van der Waals surface area contributed by atoms with Crippen molar-refractivity contribution in [2.24, 2.45) is 0 Å². The summed E-state index contributed by atoms with van der Waals surface area (Å²) in [5.74, 6) is 6.65. The molecule has 294 valence electrons. The summed E-state index contributed by atoms with van der Waals surface area (Å²) in [4.78, 5) is 26.2. The van der Waals surface area contributed by atoms with Crippen molar-refractivity contribution in [2.75, 3.05) is 45.9 Å². The lowest BCUT2D eigenvalue weighted by molar-refractivity contribution is 0.108. The summed E-state index contributed by atoms with van der Waals surface area (Å²) in [7, 11) is 0. The van der Waals surface area contributed by atoms with E-state index in [-0.39, 0.29) is 13.2 Å². The molecule has 2 aromatic heterocycles. The van der Waals surface area contributed by atoms with Crippen LogP contribution in [0.5, 0.6) is 5.75 Å². The van der Waals surface area contributed by atoms with Crippen LogP contribution in [0.15, 0.2) is 52.5 Å². The molecule has 2 fully saturated rings. The van der Waals surface area contributed by atoms with Crippen molar-refractivity contribution in [3.05, 3.63) is 64.1 Å². The Labute approximate surface area is 380 Å². The number of carbonyl (C=O) groups excluding carboxylic acids is 1. The van der Waals surface area contributed by atoms with Crippen molar-refractivity contribution in [1.82, 2.24) is 29.7 Å². The first-order valence-corrected chi connectivity index (χ1v) is 22.4. The van der Waals surface area contributed by atoms with Crippen molar-refractivity contribution in [1.29, 1.82) is 0 Å². The van der Waals surface area contributed by atoms with Gasteiger partial charge in [0.1, 0.15) is 37.4 Å². The minimum absolute atomic E-state index is 0.0219. The Morgan fingerprint density at radius 1 is 1.00 bits per heavy atom. The number of carbonyl (C=O) groups is 1. The van der Waals surface area contributed by atoms with E-state index < -0.39 is 26.5 Å². The minimum Gasteiger partial charge on any atom is -0.487 e. The van der Waals surface area contributed by atoms with Crippen LogP contribution >= 0.6 is 141 Å². The maximum Gasteiger partial charge on any atom is 0.408 e. The number of ether oxygens (including phenoxy) is 2. The number of benzene rings is 1. The number of thioether (sulfide) groups is 1. The highest BCUT2D eigenvalue weighted by Crippen LogP contribution is 2.78. The number of piperazine rings is 1. The van der Waals surface area contributed by atoms with Gasteiger partial charge in [0.05, 0.1) is 17.6 Å². The highest BCUT2D eigenvalue weighted by Gasteiger charge is 2.81. The number of imidazole rings is 1. The van der Waals surface area contributed by atoms with E-state index in [0.29, 0.717) is 33.8 Å². The quantitative estimate of drug-likeness (QED) is 0.0574. The van der Waals surface area contributed by atoms with Gasteiger partial charge in [0, 0.05) is 57.1 Å².